The quantitative estimate of drug-likeness (QED) is 0.800. The molecule has 0 radical (unpaired) electrons. The number of aromatic amines is 1. The third-order valence-electron chi connectivity index (χ3n) is 1.85. The lowest BCUT2D eigenvalue weighted by molar-refractivity contribution is 0.671. The van der Waals surface area contributed by atoms with Crippen LogP contribution in [0.3, 0.4) is 0 Å². The third-order valence-corrected chi connectivity index (χ3v) is 2.85. The summed E-state index contributed by atoms with van der Waals surface area (Å²) in [5.41, 5.74) is 0. The van der Waals surface area contributed by atoms with Gasteiger partial charge in [0.2, 0.25) is 0 Å². The van der Waals surface area contributed by atoms with E-state index in [-0.39, 0.29) is 0 Å². The Kier molecular flexibility index (Phi) is 2.90. The number of H-pyrrole nitrogens is 1. The summed E-state index contributed by atoms with van der Waals surface area (Å²) in [5, 5.41) is 9.88. The van der Waals surface area contributed by atoms with Gasteiger partial charge >= 0.3 is 0 Å². The molecule has 0 aliphatic heterocycles. The van der Waals surface area contributed by atoms with E-state index >= 15 is 0 Å². The minimum Gasteiger partial charge on any atom is -0.305 e. The lowest BCUT2D eigenvalue weighted by Crippen LogP contribution is -2.12. The van der Waals surface area contributed by atoms with Crippen molar-refractivity contribution in [3.05, 3.63) is 34.0 Å². The Morgan fingerprint density at radius 1 is 1.43 bits per heavy atom. The molecule has 0 saturated heterocycles. The van der Waals surface area contributed by atoms with Gasteiger partial charge in [0, 0.05) is 16.3 Å². The fraction of sp³-hybridized carbons (Fsp3) is 0.333. The first kappa shape index (κ1) is 9.36. The van der Waals surface area contributed by atoms with E-state index in [1.807, 2.05) is 11.3 Å². The second-order valence-electron chi connectivity index (χ2n) is 3.05. The van der Waals surface area contributed by atoms with E-state index in [0.29, 0.717) is 0 Å². The van der Waals surface area contributed by atoms with Crippen molar-refractivity contribution in [2.75, 3.05) is 0 Å². The number of hydrogen-bond acceptors (Lipinski definition) is 4. The van der Waals surface area contributed by atoms with Crippen LogP contribution >= 0.6 is 11.3 Å². The predicted octanol–water partition coefficient (Wildman–Crippen LogP) is 1.46. The second-order valence-corrected chi connectivity index (χ2v) is 4.42. The van der Waals surface area contributed by atoms with Crippen LogP contribution in [0, 0.1) is 6.92 Å². The monoisotopic (exact) mass is 208 g/mol. The van der Waals surface area contributed by atoms with Crippen molar-refractivity contribution in [3.63, 3.8) is 0 Å². The van der Waals surface area contributed by atoms with Crippen LogP contribution in [0.1, 0.15) is 15.6 Å². The summed E-state index contributed by atoms with van der Waals surface area (Å²) in [5.74, 6) is 0.873. The van der Waals surface area contributed by atoms with Crippen LogP contribution in [0.5, 0.6) is 0 Å². The van der Waals surface area contributed by atoms with Crippen molar-refractivity contribution >= 4 is 11.3 Å². The fourth-order valence-electron chi connectivity index (χ4n) is 1.20. The molecular formula is C9H12N4S. The van der Waals surface area contributed by atoms with Gasteiger partial charge in [0.25, 0.3) is 0 Å². The summed E-state index contributed by atoms with van der Waals surface area (Å²) in [6, 6.07) is 4.28. The zero-order chi connectivity index (χ0) is 9.80. The number of nitrogens with one attached hydrogen (secondary N) is 2. The summed E-state index contributed by atoms with van der Waals surface area (Å²) in [6.45, 7) is 3.74. The average Bonchev–Trinajstić information content (AvgIpc) is 2.77. The largest absolute Gasteiger partial charge is 0.305 e. The zero-order valence-corrected chi connectivity index (χ0v) is 8.77. The van der Waals surface area contributed by atoms with E-state index in [4.69, 9.17) is 0 Å². The van der Waals surface area contributed by atoms with Gasteiger partial charge in [-0.15, -0.1) is 11.3 Å². The lowest BCUT2D eigenvalue weighted by Gasteiger charge is -1.98. The van der Waals surface area contributed by atoms with Crippen molar-refractivity contribution < 1.29 is 0 Å². The summed E-state index contributed by atoms with van der Waals surface area (Å²) in [4.78, 5) is 6.72. The molecule has 14 heavy (non-hydrogen) atoms. The predicted molar refractivity (Wildman–Crippen MR) is 56.0 cm³/mol. The Balaban J connectivity index is 1.78. The molecule has 0 spiro atoms. The standard InChI is InChI=1S/C9H12N4S/c1-7-2-3-8(14-7)4-10-5-9-11-6-12-13-9/h2-3,6,10H,4-5H2,1H3,(H,11,12,13). The molecule has 0 aliphatic rings. The fourth-order valence-corrected chi connectivity index (χ4v) is 2.06. The van der Waals surface area contributed by atoms with E-state index in [9.17, 15) is 0 Å². The van der Waals surface area contributed by atoms with Crippen LogP contribution in [0.4, 0.5) is 0 Å². The highest BCUT2D eigenvalue weighted by Crippen LogP contribution is 2.14. The maximum Gasteiger partial charge on any atom is 0.138 e. The first-order valence-electron chi connectivity index (χ1n) is 4.45. The molecular weight excluding hydrogens is 196 g/mol. The molecule has 2 aromatic rings. The molecule has 5 heteroatoms. The minimum atomic E-state index is 0.733. The van der Waals surface area contributed by atoms with Gasteiger partial charge in [0.05, 0.1) is 6.54 Å². The average molecular weight is 208 g/mol. The Labute approximate surface area is 86.4 Å². The van der Waals surface area contributed by atoms with E-state index in [2.05, 4.69) is 39.6 Å². The number of aromatic nitrogens is 3. The molecule has 2 N–H and O–H groups in total. The molecule has 0 amide bonds. The first-order valence-corrected chi connectivity index (χ1v) is 5.26. The minimum absolute atomic E-state index is 0.733. The Hall–Kier alpha value is -1.20. The maximum absolute atomic E-state index is 4.03. The summed E-state index contributed by atoms with van der Waals surface area (Å²) in [6.07, 6.45) is 1.52. The summed E-state index contributed by atoms with van der Waals surface area (Å²) in [7, 11) is 0. The summed E-state index contributed by atoms with van der Waals surface area (Å²) >= 11 is 1.82. The number of thiophene rings is 1. The number of nitrogens with zero attached hydrogens (tertiary/aromatic N) is 2. The van der Waals surface area contributed by atoms with Crippen LogP contribution in [-0.4, -0.2) is 15.2 Å². The summed E-state index contributed by atoms with van der Waals surface area (Å²) < 4.78 is 0. The first-order chi connectivity index (χ1) is 6.84. The molecule has 2 rings (SSSR count). The topological polar surface area (TPSA) is 53.6 Å². The van der Waals surface area contributed by atoms with Crippen LogP contribution in [0.2, 0.25) is 0 Å². The SMILES string of the molecule is Cc1ccc(CNCc2ncn[nH]2)s1. The van der Waals surface area contributed by atoms with E-state index in [0.717, 1.165) is 18.9 Å². The van der Waals surface area contributed by atoms with E-state index < -0.39 is 0 Å². The number of hydrogen-bond donors (Lipinski definition) is 2. The van der Waals surface area contributed by atoms with Gasteiger partial charge in [0.1, 0.15) is 12.2 Å². The van der Waals surface area contributed by atoms with Crippen molar-refractivity contribution in [3.8, 4) is 0 Å². The van der Waals surface area contributed by atoms with Gasteiger partial charge < -0.3 is 5.32 Å². The maximum atomic E-state index is 4.03. The van der Waals surface area contributed by atoms with Gasteiger partial charge in [-0.05, 0) is 19.1 Å². The molecule has 0 fully saturated rings. The van der Waals surface area contributed by atoms with Crippen molar-refractivity contribution in [1.82, 2.24) is 20.5 Å². The van der Waals surface area contributed by atoms with Gasteiger partial charge in [-0.2, -0.15) is 5.10 Å². The molecule has 0 aromatic carbocycles. The van der Waals surface area contributed by atoms with Gasteiger partial charge in [0.15, 0.2) is 0 Å². The van der Waals surface area contributed by atoms with Crippen molar-refractivity contribution in [2.45, 2.75) is 20.0 Å². The molecule has 2 heterocycles. The van der Waals surface area contributed by atoms with Crippen LogP contribution in [0.15, 0.2) is 18.5 Å². The normalized spacial score (nSPS) is 10.6. The van der Waals surface area contributed by atoms with Crippen LogP contribution < -0.4 is 5.32 Å². The lowest BCUT2D eigenvalue weighted by atomic mass is 10.4. The van der Waals surface area contributed by atoms with Crippen molar-refractivity contribution in [1.29, 1.82) is 0 Å². The van der Waals surface area contributed by atoms with Gasteiger partial charge in [-0.25, -0.2) is 4.98 Å². The Bertz CT molecular complexity index is 379. The zero-order valence-electron chi connectivity index (χ0n) is 7.95. The molecule has 0 bridgehead atoms. The molecule has 0 saturated carbocycles. The molecule has 0 unspecified atom stereocenters. The van der Waals surface area contributed by atoms with Gasteiger partial charge in [-0.1, -0.05) is 0 Å². The number of rotatable bonds is 4. The second kappa shape index (κ2) is 4.34. The van der Waals surface area contributed by atoms with Crippen molar-refractivity contribution in [2.24, 2.45) is 0 Å². The van der Waals surface area contributed by atoms with Crippen LogP contribution in [0.25, 0.3) is 0 Å². The number of aryl methyl sites for hydroxylation is 1. The smallest absolute Gasteiger partial charge is 0.138 e. The highest BCUT2D eigenvalue weighted by Gasteiger charge is 1.97. The third kappa shape index (κ3) is 2.40. The Morgan fingerprint density at radius 3 is 3.00 bits per heavy atom. The highest BCUT2D eigenvalue weighted by molar-refractivity contribution is 7.11. The molecule has 74 valence electrons. The van der Waals surface area contributed by atoms with E-state index in [1.165, 1.54) is 16.1 Å². The molecule has 0 atom stereocenters. The molecule has 0 aliphatic carbocycles. The van der Waals surface area contributed by atoms with Crippen LogP contribution in [-0.2, 0) is 13.1 Å². The molecule has 4 nitrogen and oxygen atoms in total. The highest BCUT2D eigenvalue weighted by atomic mass is 32.1. The van der Waals surface area contributed by atoms with E-state index in [1.54, 1.807) is 0 Å². The Morgan fingerprint density at radius 2 is 2.36 bits per heavy atom. The van der Waals surface area contributed by atoms with Gasteiger partial charge in [-0.3, -0.25) is 5.10 Å². The molecule has 2 aromatic heterocycles.